The van der Waals surface area contributed by atoms with Crippen LogP contribution in [0.4, 0.5) is 0 Å². The predicted octanol–water partition coefficient (Wildman–Crippen LogP) is 2.57. The molecule has 1 aliphatic carbocycles. The van der Waals surface area contributed by atoms with Gasteiger partial charge in [-0.15, -0.1) is 12.4 Å². The Morgan fingerprint density at radius 3 is 2.63 bits per heavy atom. The van der Waals surface area contributed by atoms with Gasteiger partial charge in [0.25, 0.3) is 0 Å². The van der Waals surface area contributed by atoms with E-state index in [2.05, 4.69) is 5.16 Å². The van der Waals surface area contributed by atoms with Crippen molar-refractivity contribution in [2.75, 3.05) is 0 Å². The molecule has 0 radical (unpaired) electrons. The Labute approximate surface area is 120 Å². The van der Waals surface area contributed by atoms with Crippen molar-refractivity contribution >= 4 is 41.5 Å². The van der Waals surface area contributed by atoms with E-state index in [1.165, 1.54) is 19.9 Å². The van der Waals surface area contributed by atoms with Crippen LogP contribution in [0, 0.1) is 0 Å². The van der Waals surface area contributed by atoms with E-state index in [4.69, 9.17) is 21.5 Å². The molecule has 0 saturated carbocycles. The molecule has 2 rings (SSSR count). The summed E-state index contributed by atoms with van der Waals surface area (Å²) in [6.07, 6.45) is 0. The average Bonchev–Trinajstić information content (AvgIpc) is 2.46. The molecular weight excluding hydrogens is 293 g/mol. The fourth-order valence-corrected chi connectivity index (χ4v) is 2.30. The van der Waals surface area contributed by atoms with Gasteiger partial charge in [0.15, 0.2) is 11.3 Å². The number of hydrogen-bond donors (Lipinski definition) is 1. The number of carbonyl (C=O) groups is 2. The van der Waals surface area contributed by atoms with Crippen LogP contribution in [0.15, 0.2) is 23.4 Å². The predicted molar refractivity (Wildman–Crippen MR) is 71.4 cm³/mol. The molecule has 1 aromatic rings. The van der Waals surface area contributed by atoms with Crippen molar-refractivity contribution < 1.29 is 19.5 Å². The zero-order valence-electron chi connectivity index (χ0n) is 10.1. The number of hydrogen-bond acceptors (Lipinski definition) is 5. The molecule has 5 nitrogen and oxygen atoms in total. The summed E-state index contributed by atoms with van der Waals surface area (Å²) in [4.78, 5) is 23.2. The van der Waals surface area contributed by atoms with E-state index in [0.29, 0.717) is 10.6 Å². The number of carbonyl (C=O) groups excluding carboxylic acids is 2. The van der Waals surface area contributed by atoms with Gasteiger partial charge in [-0.1, -0.05) is 22.8 Å². The van der Waals surface area contributed by atoms with Crippen LogP contribution in [-0.4, -0.2) is 22.7 Å². The first-order valence-electron chi connectivity index (χ1n) is 5.17. The van der Waals surface area contributed by atoms with Crippen molar-refractivity contribution in [3.8, 4) is 0 Å². The molecule has 1 aliphatic rings. The first kappa shape index (κ1) is 15.5. The minimum Gasteiger partial charge on any atom is -0.448 e. The average molecular weight is 304 g/mol. The standard InChI is InChI=1S/C12H10ClNO4.ClH/c1-6(15)18-12(2)9-4-3-7(13)5-8(9)10(16)11(12)14-17;/h3-5,17H,1-2H3;1H. The van der Waals surface area contributed by atoms with Gasteiger partial charge in [-0.2, -0.15) is 0 Å². The van der Waals surface area contributed by atoms with E-state index in [1.807, 2.05) is 0 Å². The molecule has 0 spiro atoms. The smallest absolute Gasteiger partial charge is 0.303 e. The molecule has 0 amide bonds. The number of benzene rings is 1. The van der Waals surface area contributed by atoms with Gasteiger partial charge in [0.05, 0.1) is 0 Å². The summed E-state index contributed by atoms with van der Waals surface area (Å²) in [7, 11) is 0. The van der Waals surface area contributed by atoms with Gasteiger partial charge in [-0.3, -0.25) is 9.59 Å². The molecule has 0 fully saturated rings. The highest BCUT2D eigenvalue weighted by atomic mass is 35.5. The number of esters is 1. The van der Waals surface area contributed by atoms with E-state index < -0.39 is 17.4 Å². The van der Waals surface area contributed by atoms with Crippen LogP contribution in [0.2, 0.25) is 5.02 Å². The Hall–Kier alpha value is -1.59. The highest BCUT2D eigenvalue weighted by molar-refractivity contribution is 6.52. The summed E-state index contributed by atoms with van der Waals surface area (Å²) in [6.45, 7) is 2.72. The van der Waals surface area contributed by atoms with Crippen LogP contribution in [-0.2, 0) is 15.1 Å². The molecule has 0 saturated heterocycles. The van der Waals surface area contributed by atoms with Crippen LogP contribution in [0.1, 0.15) is 29.8 Å². The summed E-state index contributed by atoms with van der Waals surface area (Å²) in [6, 6.07) is 4.62. The Morgan fingerprint density at radius 2 is 2.11 bits per heavy atom. The van der Waals surface area contributed by atoms with Gasteiger partial charge in [-0.25, -0.2) is 0 Å². The van der Waals surface area contributed by atoms with E-state index >= 15 is 0 Å². The monoisotopic (exact) mass is 303 g/mol. The number of fused-ring (bicyclic) bond motifs is 1. The molecule has 7 heteroatoms. The Morgan fingerprint density at radius 1 is 1.47 bits per heavy atom. The third-order valence-corrected chi connectivity index (χ3v) is 3.09. The maximum Gasteiger partial charge on any atom is 0.303 e. The van der Waals surface area contributed by atoms with Gasteiger partial charge in [0, 0.05) is 23.1 Å². The first-order chi connectivity index (χ1) is 8.40. The number of rotatable bonds is 1. The minimum absolute atomic E-state index is 0. The molecule has 1 atom stereocenters. The Bertz CT molecular complexity index is 585. The van der Waals surface area contributed by atoms with E-state index in [-0.39, 0.29) is 23.7 Å². The molecule has 1 unspecified atom stereocenters. The molecule has 1 N–H and O–H groups in total. The number of ketones is 1. The van der Waals surface area contributed by atoms with Crippen molar-refractivity contribution in [1.29, 1.82) is 0 Å². The maximum atomic E-state index is 12.0. The second kappa shape index (κ2) is 5.19. The van der Waals surface area contributed by atoms with Gasteiger partial charge < -0.3 is 9.94 Å². The second-order valence-electron chi connectivity index (χ2n) is 4.09. The van der Waals surface area contributed by atoms with Crippen LogP contribution >= 0.6 is 24.0 Å². The third kappa shape index (κ3) is 2.31. The van der Waals surface area contributed by atoms with Crippen LogP contribution in [0.3, 0.4) is 0 Å². The summed E-state index contributed by atoms with van der Waals surface area (Å²) in [5.74, 6) is -1.08. The van der Waals surface area contributed by atoms with Gasteiger partial charge in [0.2, 0.25) is 5.78 Å². The molecule has 1 aromatic carbocycles. The van der Waals surface area contributed by atoms with Gasteiger partial charge >= 0.3 is 5.97 Å². The molecule has 0 bridgehead atoms. The fourth-order valence-electron chi connectivity index (χ4n) is 2.12. The second-order valence-corrected chi connectivity index (χ2v) is 4.53. The van der Waals surface area contributed by atoms with E-state index in [1.54, 1.807) is 12.1 Å². The third-order valence-electron chi connectivity index (χ3n) is 2.86. The summed E-state index contributed by atoms with van der Waals surface area (Å²) >= 11 is 5.82. The lowest BCUT2D eigenvalue weighted by Crippen LogP contribution is -2.35. The number of ether oxygens (including phenoxy) is 1. The van der Waals surface area contributed by atoms with Crippen molar-refractivity contribution in [1.82, 2.24) is 0 Å². The topological polar surface area (TPSA) is 76.0 Å². The number of oxime groups is 1. The lowest BCUT2D eigenvalue weighted by Gasteiger charge is -2.24. The number of nitrogens with zero attached hydrogens (tertiary/aromatic N) is 1. The maximum absolute atomic E-state index is 12.0. The van der Waals surface area contributed by atoms with Gasteiger partial charge in [0.1, 0.15) is 0 Å². The van der Waals surface area contributed by atoms with Crippen LogP contribution in [0.5, 0.6) is 0 Å². The number of halogens is 2. The van der Waals surface area contributed by atoms with Crippen LogP contribution < -0.4 is 0 Å². The normalized spacial score (nSPS) is 22.9. The summed E-state index contributed by atoms with van der Waals surface area (Å²) in [5, 5.41) is 12.3. The van der Waals surface area contributed by atoms with Crippen molar-refractivity contribution in [2.24, 2.45) is 5.16 Å². The molecule has 0 heterocycles. The minimum atomic E-state index is -1.38. The quantitative estimate of drug-likeness (QED) is 0.491. The zero-order chi connectivity index (χ0) is 13.5. The highest BCUT2D eigenvalue weighted by Crippen LogP contribution is 2.39. The largest absolute Gasteiger partial charge is 0.448 e. The molecule has 19 heavy (non-hydrogen) atoms. The van der Waals surface area contributed by atoms with Gasteiger partial charge in [-0.05, 0) is 19.1 Å². The fraction of sp³-hybridized carbons (Fsp3) is 0.250. The molecule has 0 aliphatic heterocycles. The van der Waals surface area contributed by atoms with E-state index in [9.17, 15) is 9.59 Å². The zero-order valence-corrected chi connectivity index (χ0v) is 11.7. The van der Waals surface area contributed by atoms with E-state index in [0.717, 1.165) is 0 Å². The highest BCUT2D eigenvalue weighted by Gasteiger charge is 2.49. The molecule has 0 aromatic heterocycles. The lowest BCUT2D eigenvalue weighted by molar-refractivity contribution is -0.149. The van der Waals surface area contributed by atoms with Crippen molar-refractivity contribution in [2.45, 2.75) is 19.4 Å². The summed E-state index contributed by atoms with van der Waals surface area (Å²) in [5.41, 5.74) is -0.869. The summed E-state index contributed by atoms with van der Waals surface area (Å²) < 4.78 is 5.15. The Kier molecular flexibility index (Phi) is 4.22. The Balaban J connectivity index is 0.00000180. The SMILES string of the molecule is CC(=O)OC1(C)C(=NO)C(=O)c2cc(Cl)ccc21.Cl. The molecule has 102 valence electrons. The lowest BCUT2D eigenvalue weighted by atomic mass is 9.97. The number of Topliss-reactive ketones (excluding diaryl/α,β-unsaturated/α-hetero) is 1. The van der Waals surface area contributed by atoms with Crippen molar-refractivity contribution in [3.05, 3.63) is 34.3 Å². The molecular formula is C12H11Cl2NO4. The van der Waals surface area contributed by atoms with Crippen molar-refractivity contribution in [3.63, 3.8) is 0 Å². The van der Waals surface area contributed by atoms with Crippen LogP contribution in [0.25, 0.3) is 0 Å². The first-order valence-corrected chi connectivity index (χ1v) is 5.55.